The standard InChI is InChI=1S/C18H19ClFNO3/c1-3-24-17-15(19)10-13(11-16(17)23-2)18(22)21-9-8-12-4-6-14(20)7-5-12/h4-7,10-11H,3,8-9H2,1-2H3,(H,21,22). The molecule has 2 rings (SSSR count). The predicted molar refractivity (Wildman–Crippen MR) is 91.6 cm³/mol. The third-order valence-corrected chi connectivity index (χ3v) is 3.67. The number of amides is 1. The molecule has 24 heavy (non-hydrogen) atoms. The molecule has 0 spiro atoms. The summed E-state index contributed by atoms with van der Waals surface area (Å²) in [6.45, 7) is 2.71. The molecule has 2 aromatic carbocycles. The van der Waals surface area contributed by atoms with Gasteiger partial charge in [-0.15, -0.1) is 0 Å². The third kappa shape index (κ3) is 4.61. The first-order valence-corrected chi connectivity index (χ1v) is 7.96. The molecular weight excluding hydrogens is 333 g/mol. The summed E-state index contributed by atoms with van der Waals surface area (Å²) in [7, 11) is 1.49. The van der Waals surface area contributed by atoms with Gasteiger partial charge in [0.1, 0.15) is 5.82 Å². The minimum absolute atomic E-state index is 0.264. The first-order chi connectivity index (χ1) is 11.5. The van der Waals surface area contributed by atoms with E-state index >= 15 is 0 Å². The van der Waals surface area contributed by atoms with Crippen molar-refractivity contribution in [1.29, 1.82) is 0 Å². The summed E-state index contributed by atoms with van der Waals surface area (Å²) in [6.07, 6.45) is 0.605. The van der Waals surface area contributed by atoms with Crippen LogP contribution in [0.1, 0.15) is 22.8 Å². The molecule has 0 aliphatic heterocycles. The van der Waals surface area contributed by atoms with Crippen molar-refractivity contribution in [3.63, 3.8) is 0 Å². The largest absolute Gasteiger partial charge is 0.493 e. The molecular formula is C18H19ClFNO3. The van der Waals surface area contributed by atoms with Crippen LogP contribution in [0.4, 0.5) is 4.39 Å². The maximum Gasteiger partial charge on any atom is 0.251 e. The number of rotatable bonds is 7. The Morgan fingerprint density at radius 3 is 2.58 bits per heavy atom. The van der Waals surface area contributed by atoms with Gasteiger partial charge in [-0.3, -0.25) is 4.79 Å². The zero-order valence-corrected chi connectivity index (χ0v) is 14.3. The van der Waals surface area contributed by atoms with Crippen molar-refractivity contribution in [2.75, 3.05) is 20.3 Å². The molecule has 6 heteroatoms. The highest BCUT2D eigenvalue weighted by atomic mass is 35.5. The summed E-state index contributed by atoms with van der Waals surface area (Å²) in [5.41, 5.74) is 1.33. The van der Waals surface area contributed by atoms with Gasteiger partial charge in [0.25, 0.3) is 5.91 Å². The van der Waals surface area contributed by atoms with Crippen LogP contribution >= 0.6 is 11.6 Å². The normalized spacial score (nSPS) is 10.3. The van der Waals surface area contributed by atoms with Crippen LogP contribution in [0.2, 0.25) is 5.02 Å². The van der Waals surface area contributed by atoms with E-state index in [1.54, 1.807) is 24.3 Å². The highest BCUT2D eigenvalue weighted by molar-refractivity contribution is 6.32. The highest BCUT2D eigenvalue weighted by Gasteiger charge is 2.15. The summed E-state index contributed by atoms with van der Waals surface area (Å²) in [4.78, 5) is 12.3. The van der Waals surface area contributed by atoms with Gasteiger partial charge in [0.05, 0.1) is 18.7 Å². The molecule has 2 aromatic rings. The van der Waals surface area contributed by atoms with Crippen molar-refractivity contribution in [3.05, 3.63) is 58.4 Å². The Labute approximate surface area is 145 Å². The van der Waals surface area contributed by atoms with Crippen molar-refractivity contribution in [3.8, 4) is 11.5 Å². The number of hydrogen-bond acceptors (Lipinski definition) is 3. The van der Waals surface area contributed by atoms with E-state index in [1.165, 1.54) is 19.2 Å². The molecule has 0 bridgehead atoms. The highest BCUT2D eigenvalue weighted by Crippen LogP contribution is 2.36. The van der Waals surface area contributed by atoms with Gasteiger partial charge in [0, 0.05) is 12.1 Å². The maximum atomic E-state index is 12.9. The van der Waals surface area contributed by atoms with Gasteiger partial charge in [0.15, 0.2) is 11.5 Å². The van der Waals surface area contributed by atoms with Crippen molar-refractivity contribution in [2.24, 2.45) is 0 Å². The Kier molecular flexibility index (Phi) is 6.44. The van der Waals surface area contributed by atoms with Gasteiger partial charge < -0.3 is 14.8 Å². The minimum Gasteiger partial charge on any atom is -0.493 e. The van der Waals surface area contributed by atoms with E-state index in [2.05, 4.69) is 5.32 Å². The van der Waals surface area contributed by atoms with Gasteiger partial charge in [0.2, 0.25) is 0 Å². The van der Waals surface area contributed by atoms with E-state index in [1.807, 2.05) is 6.92 Å². The van der Waals surface area contributed by atoms with E-state index in [0.29, 0.717) is 41.7 Å². The quantitative estimate of drug-likeness (QED) is 0.824. The smallest absolute Gasteiger partial charge is 0.251 e. The van der Waals surface area contributed by atoms with Crippen LogP contribution in [0.3, 0.4) is 0 Å². The summed E-state index contributed by atoms with van der Waals surface area (Å²) >= 11 is 6.16. The first kappa shape index (κ1) is 18.1. The molecule has 0 aliphatic rings. The number of nitrogens with one attached hydrogen (secondary N) is 1. The Balaban J connectivity index is 2.01. The summed E-state index contributed by atoms with van der Waals surface area (Å²) in [5.74, 6) is 0.289. The first-order valence-electron chi connectivity index (χ1n) is 7.58. The number of halogens is 2. The van der Waals surface area contributed by atoms with Crippen molar-refractivity contribution >= 4 is 17.5 Å². The van der Waals surface area contributed by atoms with Crippen molar-refractivity contribution < 1.29 is 18.7 Å². The zero-order chi connectivity index (χ0) is 17.5. The average Bonchev–Trinajstić information content (AvgIpc) is 2.58. The molecule has 0 aliphatic carbocycles. The van der Waals surface area contributed by atoms with Crippen LogP contribution in [0.15, 0.2) is 36.4 Å². The number of hydrogen-bond donors (Lipinski definition) is 1. The molecule has 0 fully saturated rings. The number of carbonyl (C=O) groups excluding carboxylic acids is 1. The lowest BCUT2D eigenvalue weighted by Crippen LogP contribution is -2.25. The van der Waals surface area contributed by atoms with Crippen LogP contribution in [0.25, 0.3) is 0 Å². The number of methoxy groups -OCH3 is 1. The van der Waals surface area contributed by atoms with Gasteiger partial charge in [-0.25, -0.2) is 4.39 Å². The van der Waals surface area contributed by atoms with Crippen LogP contribution in [0, 0.1) is 5.82 Å². The van der Waals surface area contributed by atoms with E-state index in [0.717, 1.165) is 5.56 Å². The van der Waals surface area contributed by atoms with Crippen LogP contribution in [0.5, 0.6) is 11.5 Å². The minimum atomic E-state index is -0.279. The fourth-order valence-corrected chi connectivity index (χ4v) is 2.47. The van der Waals surface area contributed by atoms with E-state index in [4.69, 9.17) is 21.1 Å². The topological polar surface area (TPSA) is 47.6 Å². The van der Waals surface area contributed by atoms with Crippen LogP contribution < -0.4 is 14.8 Å². The lowest BCUT2D eigenvalue weighted by molar-refractivity contribution is 0.0953. The molecule has 0 heterocycles. The molecule has 1 amide bonds. The molecule has 0 saturated carbocycles. The molecule has 128 valence electrons. The second-order valence-electron chi connectivity index (χ2n) is 5.05. The van der Waals surface area contributed by atoms with E-state index in [-0.39, 0.29) is 11.7 Å². The fourth-order valence-electron chi connectivity index (χ4n) is 2.21. The number of ether oxygens (including phenoxy) is 2. The lowest BCUT2D eigenvalue weighted by atomic mass is 10.1. The molecule has 0 atom stereocenters. The molecule has 0 unspecified atom stereocenters. The summed E-state index contributed by atoms with van der Waals surface area (Å²) in [6, 6.07) is 9.31. The zero-order valence-electron chi connectivity index (χ0n) is 13.6. The van der Waals surface area contributed by atoms with E-state index in [9.17, 15) is 9.18 Å². The molecule has 0 aromatic heterocycles. The second-order valence-corrected chi connectivity index (χ2v) is 5.46. The molecule has 4 nitrogen and oxygen atoms in total. The van der Waals surface area contributed by atoms with E-state index < -0.39 is 0 Å². The maximum absolute atomic E-state index is 12.9. The van der Waals surface area contributed by atoms with Gasteiger partial charge in [-0.1, -0.05) is 23.7 Å². The Bertz CT molecular complexity index is 704. The molecule has 0 saturated heterocycles. The van der Waals surface area contributed by atoms with Gasteiger partial charge in [-0.05, 0) is 43.2 Å². The van der Waals surface area contributed by atoms with Crippen LogP contribution in [-0.4, -0.2) is 26.2 Å². The lowest BCUT2D eigenvalue weighted by Gasteiger charge is -2.13. The van der Waals surface area contributed by atoms with Gasteiger partial charge >= 0.3 is 0 Å². The average molecular weight is 352 g/mol. The Hall–Kier alpha value is -2.27. The molecule has 1 N–H and O–H groups in total. The van der Waals surface area contributed by atoms with Crippen LogP contribution in [-0.2, 0) is 6.42 Å². The SMILES string of the molecule is CCOc1c(Cl)cc(C(=O)NCCc2ccc(F)cc2)cc1OC. The Morgan fingerprint density at radius 2 is 1.96 bits per heavy atom. The fraction of sp³-hybridized carbons (Fsp3) is 0.278. The monoisotopic (exact) mass is 351 g/mol. The summed E-state index contributed by atoms with van der Waals surface area (Å²) < 4.78 is 23.5. The number of benzene rings is 2. The summed E-state index contributed by atoms with van der Waals surface area (Å²) in [5, 5.41) is 3.12. The predicted octanol–water partition coefficient (Wildman–Crippen LogP) is 3.86. The third-order valence-electron chi connectivity index (χ3n) is 3.39. The van der Waals surface area contributed by atoms with Crippen molar-refractivity contribution in [1.82, 2.24) is 5.32 Å². The van der Waals surface area contributed by atoms with Crippen molar-refractivity contribution in [2.45, 2.75) is 13.3 Å². The molecule has 0 radical (unpaired) electrons. The second kappa shape index (κ2) is 8.55. The van der Waals surface area contributed by atoms with Gasteiger partial charge in [-0.2, -0.15) is 0 Å². The Morgan fingerprint density at radius 1 is 1.25 bits per heavy atom. The number of carbonyl (C=O) groups is 1.